The Morgan fingerprint density at radius 1 is 0.485 bits per heavy atom. The zero-order chi connectivity index (χ0) is 49.4. The fourth-order valence-electron chi connectivity index (χ4n) is 7.41. The van der Waals surface area contributed by atoms with E-state index in [0.29, 0.717) is 22.3 Å². The van der Waals surface area contributed by atoms with Gasteiger partial charge in [0.25, 0.3) is 0 Å². The minimum Gasteiger partial charge on any atom is -0.456 e. The highest BCUT2D eigenvalue weighted by Gasteiger charge is 2.48. The van der Waals surface area contributed by atoms with E-state index in [0.717, 1.165) is 57.5 Å². The fourth-order valence-corrected chi connectivity index (χ4v) is 7.41. The van der Waals surface area contributed by atoms with Crippen LogP contribution in [0.25, 0.3) is 21.5 Å². The van der Waals surface area contributed by atoms with Crippen LogP contribution in [0.4, 0.5) is 0 Å². The van der Waals surface area contributed by atoms with E-state index in [-0.39, 0.29) is 23.9 Å². The Morgan fingerprint density at radius 2 is 0.882 bits per heavy atom. The predicted molar refractivity (Wildman–Crippen MR) is 271 cm³/mol. The molecule has 0 bridgehead atoms. The Labute approximate surface area is 401 Å². The molecule has 8 rings (SSSR count). The molecule has 0 atom stereocenters. The molecule has 8 heteroatoms. The van der Waals surface area contributed by atoms with Crippen molar-refractivity contribution in [1.29, 1.82) is 0 Å². The van der Waals surface area contributed by atoms with Crippen LogP contribution in [-0.2, 0) is 24.5 Å². The molecule has 7 aromatic rings. The summed E-state index contributed by atoms with van der Waals surface area (Å²) in [4.78, 5) is 49.3. The fraction of sp³-hybridized carbons (Fsp3) is 0.300. The van der Waals surface area contributed by atoms with E-state index in [4.69, 9.17) is 18.9 Å². The highest BCUT2D eigenvalue weighted by atomic mass is 16.6. The number of carbonyl (C=O) groups is 4. The van der Waals surface area contributed by atoms with Gasteiger partial charge in [0.05, 0.1) is 22.3 Å². The van der Waals surface area contributed by atoms with Gasteiger partial charge in [-0.1, -0.05) is 141 Å². The Hall–Kier alpha value is -7.06. The van der Waals surface area contributed by atoms with E-state index < -0.39 is 22.4 Å². The van der Waals surface area contributed by atoms with Crippen LogP contribution in [0, 0.1) is 13.8 Å². The smallest absolute Gasteiger partial charge is 0.340 e. The molecule has 0 fully saturated rings. The lowest BCUT2D eigenvalue weighted by atomic mass is 9.79. The maximum atomic E-state index is 13.0. The van der Waals surface area contributed by atoms with Gasteiger partial charge in [-0.2, -0.15) is 0 Å². The Kier molecular flexibility index (Phi) is 15.4. The van der Waals surface area contributed by atoms with Gasteiger partial charge in [-0.15, -0.1) is 0 Å². The molecular formula is C60H64O8. The van der Waals surface area contributed by atoms with Gasteiger partial charge < -0.3 is 18.9 Å². The number of ether oxygens (including phenoxy) is 4. The molecule has 0 saturated carbocycles. The van der Waals surface area contributed by atoms with Crippen molar-refractivity contribution >= 4 is 45.4 Å². The average Bonchev–Trinajstić information content (AvgIpc) is 3.62. The molecule has 0 aromatic heterocycles. The second-order valence-electron chi connectivity index (χ2n) is 19.2. The minimum atomic E-state index is -0.933. The first-order valence-electron chi connectivity index (χ1n) is 23.4. The Bertz CT molecular complexity index is 2810. The summed E-state index contributed by atoms with van der Waals surface area (Å²) in [7, 11) is 0. The third-order valence-electron chi connectivity index (χ3n) is 12.7. The van der Waals surface area contributed by atoms with Crippen LogP contribution in [0.2, 0.25) is 0 Å². The van der Waals surface area contributed by atoms with Crippen LogP contribution in [0.1, 0.15) is 151 Å². The summed E-state index contributed by atoms with van der Waals surface area (Å²) in [6, 6.07) is 48.6. The number of esters is 4. The zero-order valence-electron chi connectivity index (χ0n) is 41.3. The first-order chi connectivity index (χ1) is 32.2. The van der Waals surface area contributed by atoms with E-state index in [1.165, 1.54) is 11.1 Å². The van der Waals surface area contributed by atoms with Gasteiger partial charge in [-0.25, -0.2) is 19.2 Å². The summed E-state index contributed by atoms with van der Waals surface area (Å²) < 4.78 is 22.6. The highest BCUT2D eigenvalue weighted by molar-refractivity contribution is 6.05. The SMILES string of the molecule is CCC(C)(C)OC(=O)c1ccc(C(=O)OC(C)(C)CC)cc1.CCC(C)(C)OC(=O)c1cccc2ccccc12.Cc1ccc(C2(c3ccc(C)cc3)OC(=O)c3cc4ccccc4cc32)cc1. The Balaban J connectivity index is 0.000000173. The van der Waals surface area contributed by atoms with Crippen LogP contribution < -0.4 is 0 Å². The number of hydrogen-bond donors (Lipinski definition) is 0. The van der Waals surface area contributed by atoms with Crippen LogP contribution in [-0.4, -0.2) is 40.7 Å². The third-order valence-corrected chi connectivity index (χ3v) is 12.7. The lowest BCUT2D eigenvalue weighted by molar-refractivity contribution is -0.00405. The number of benzene rings is 7. The molecule has 0 N–H and O–H groups in total. The monoisotopic (exact) mass is 912 g/mol. The zero-order valence-corrected chi connectivity index (χ0v) is 41.3. The maximum absolute atomic E-state index is 13.0. The molecule has 0 aliphatic carbocycles. The molecule has 1 aliphatic rings. The van der Waals surface area contributed by atoms with Crippen molar-refractivity contribution in [1.82, 2.24) is 0 Å². The summed E-state index contributed by atoms with van der Waals surface area (Å²) in [6.45, 7) is 21.4. The second-order valence-corrected chi connectivity index (χ2v) is 19.2. The van der Waals surface area contributed by atoms with Crippen molar-refractivity contribution in [2.24, 2.45) is 0 Å². The molecule has 1 aliphatic heterocycles. The summed E-state index contributed by atoms with van der Waals surface area (Å²) in [5.41, 5.74) is 4.94. The summed E-state index contributed by atoms with van der Waals surface area (Å²) >= 11 is 0. The van der Waals surface area contributed by atoms with E-state index in [1.807, 2.05) is 129 Å². The molecule has 1 heterocycles. The van der Waals surface area contributed by atoms with Gasteiger partial charge in [0.2, 0.25) is 0 Å². The van der Waals surface area contributed by atoms with Crippen molar-refractivity contribution in [3.05, 3.63) is 202 Å². The van der Waals surface area contributed by atoms with E-state index >= 15 is 0 Å². The molecule has 0 spiro atoms. The first-order valence-corrected chi connectivity index (χ1v) is 23.4. The standard InChI is InChI=1S/C26H20O2.C18H26O4.C16H18O2/c1-17-7-11-21(12-8-17)26(22-13-9-18(2)10-14-22)24-16-20-6-4-3-5-19(20)15-23(24)25(27)28-26;1-7-17(3,4)21-15(19)13-9-11-14(12-10-13)16(20)22-18(5,6)8-2;1-4-16(2,3)18-15(17)14-11-7-9-12-8-5-6-10-13(12)14/h3-16H,1-2H3;9-12H,7-8H2,1-6H3;5-11H,4H2,1-3H3. The molecule has 8 nitrogen and oxygen atoms in total. The van der Waals surface area contributed by atoms with Crippen LogP contribution in [0.15, 0.2) is 152 Å². The van der Waals surface area contributed by atoms with Gasteiger partial charge in [0.15, 0.2) is 5.60 Å². The van der Waals surface area contributed by atoms with Gasteiger partial charge in [-0.05, 0) is 139 Å². The van der Waals surface area contributed by atoms with Crippen molar-refractivity contribution < 1.29 is 38.1 Å². The van der Waals surface area contributed by atoms with Gasteiger partial charge in [0.1, 0.15) is 16.8 Å². The topological polar surface area (TPSA) is 105 Å². The van der Waals surface area contributed by atoms with Crippen molar-refractivity contribution in [3.8, 4) is 0 Å². The highest BCUT2D eigenvalue weighted by Crippen LogP contribution is 2.48. The first kappa shape index (κ1) is 50.4. The molecule has 0 radical (unpaired) electrons. The summed E-state index contributed by atoms with van der Waals surface area (Å²) in [5.74, 6) is -1.30. The van der Waals surface area contributed by atoms with Gasteiger partial charge in [-0.3, -0.25) is 0 Å². The quantitative estimate of drug-likeness (QED) is 0.0933. The summed E-state index contributed by atoms with van der Waals surface area (Å²) in [5, 5.41) is 4.14. The predicted octanol–water partition coefficient (Wildman–Crippen LogP) is 14.5. The van der Waals surface area contributed by atoms with Crippen LogP contribution in [0.3, 0.4) is 0 Å². The number of cyclic esters (lactones) is 1. The maximum Gasteiger partial charge on any atom is 0.340 e. The third kappa shape index (κ3) is 11.7. The largest absolute Gasteiger partial charge is 0.456 e. The summed E-state index contributed by atoms with van der Waals surface area (Å²) in [6.07, 6.45) is 2.26. The minimum absolute atomic E-state index is 0.251. The molecule has 0 unspecified atom stereocenters. The van der Waals surface area contributed by atoms with Crippen molar-refractivity contribution in [2.75, 3.05) is 0 Å². The normalized spacial score (nSPS) is 13.0. The molecular weight excluding hydrogens is 849 g/mol. The van der Waals surface area contributed by atoms with Crippen LogP contribution >= 0.6 is 0 Å². The number of rotatable bonds is 11. The molecule has 352 valence electrons. The van der Waals surface area contributed by atoms with E-state index in [9.17, 15) is 19.2 Å². The van der Waals surface area contributed by atoms with Crippen molar-refractivity contribution in [3.63, 3.8) is 0 Å². The number of aryl methyl sites for hydroxylation is 2. The molecule has 68 heavy (non-hydrogen) atoms. The van der Waals surface area contributed by atoms with E-state index in [1.54, 1.807) is 24.3 Å². The molecule has 0 saturated heterocycles. The van der Waals surface area contributed by atoms with Gasteiger partial charge >= 0.3 is 23.9 Å². The molecule has 7 aromatic carbocycles. The number of hydrogen-bond acceptors (Lipinski definition) is 8. The lowest BCUT2D eigenvalue weighted by Gasteiger charge is -2.30. The van der Waals surface area contributed by atoms with Gasteiger partial charge in [0, 0.05) is 16.7 Å². The Morgan fingerprint density at radius 3 is 1.34 bits per heavy atom. The average molecular weight is 913 g/mol. The number of fused-ring (bicyclic) bond motifs is 3. The lowest BCUT2D eigenvalue weighted by Crippen LogP contribution is -2.29. The molecule has 0 amide bonds. The van der Waals surface area contributed by atoms with Crippen molar-refractivity contribution in [2.45, 2.75) is 118 Å². The van der Waals surface area contributed by atoms with E-state index in [2.05, 4.69) is 74.5 Å². The van der Waals surface area contributed by atoms with Crippen LogP contribution in [0.5, 0.6) is 0 Å². The number of carbonyl (C=O) groups excluding carboxylic acids is 4. The second kappa shape index (κ2) is 20.8.